The second kappa shape index (κ2) is 4.72. The van der Waals surface area contributed by atoms with E-state index < -0.39 is 0 Å². The van der Waals surface area contributed by atoms with Crippen LogP contribution in [0, 0.1) is 13.8 Å². The van der Waals surface area contributed by atoms with Crippen LogP contribution in [0.2, 0.25) is 0 Å². The zero-order chi connectivity index (χ0) is 12.4. The molecule has 0 saturated heterocycles. The fraction of sp³-hybridized carbons (Fsp3) is 0.357. The average molecular weight is 229 g/mol. The van der Waals surface area contributed by atoms with Gasteiger partial charge in [0.15, 0.2) is 0 Å². The molecule has 0 fully saturated rings. The van der Waals surface area contributed by atoms with Crippen LogP contribution in [0.1, 0.15) is 11.1 Å². The van der Waals surface area contributed by atoms with Gasteiger partial charge in [-0.2, -0.15) is 0 Å². The van der Waals surface area contributed by atoms with E-state index in [9.17, 15) is 0 Å². The SMILES string of the molecule is Cc1ccc(-c2nccn2CN(C)C)c(C)c1. The van der Waals surface area contributed by atoms with Crippen molar-refractivity contribution in [1.29, 1.82) is 0 Å². The van der Waals surface area contributed by atoms with Crippen molar-refractivity contribution < 1.29 is 0 Å². The quantitative estimate of drug-likeness (QED) is 0.807. The Morgan fingerprint density at radius 2 is 2.00 bits per heavy atom. The highest BCUT2D eigenvalue weighted by Gasteiger charge is 2.08. The maximum atomic E-state index is 4.47. The summed E-state index contributed by atoms with van der Waals surface area (Å²) < 4.78 is 2.16. The van der Waals surface area contributed by atoms with Gasteiger partial charge >= 0.3 is 0 Å². The van der Waals surface area contributed by atoms with E-state index in [0.29, 0.717) is 0 Å². The third kappa shape index (κ3) is 2.56. The zero-order valence-electron chi connectivity index (χ0n) is 10.9. The van der Waals surface area contributed by atoms with Crippen LogP contribution in [0.5, 0.6) is 0 Å². The molecule has 0 saturated carbocycles. The molecule has 0 aliphatic carbocycles. The molecule has 1 aromatic heterocycles. The Morgan fingerprint density at radius 3 is 2.65 bits per heavy atom. The molecule has 0 spiro atoms. The normalized spacial score (nSPS) is 11.1. The van der Waals surface area contributed by atoms with E-state index in [1.807, 2.05) is 12.4 Å². The number of aryl methyl sites for hydroxylation is 2. The van der Waals surface area contributed by atoms with E-state index in [0.717, 1.165) is 12.5 Å². The molecule has 17 heavy (non-hydrogen) atoms. The first-order valence-corrected chi connectivity index (χ1v) is 5.81. The Morgan fingerprint density at radius 1 is 1.24 bits per heavy atom. The van der Waals surface area contributed by atoms with Crippen LogP contribution in [-0.2, 0) is 6.67 Å². The first-order chi connectivity index (χ1) is 8.08. The summed E-state index contributed by atoms with van der Waals surface area (Å²) in [4.78, 5) is 6.60. The topological polar surface area (TPSA) is 21.1 Å². The molecule has 0 atom stereocenters. The number of benzene rings is 1. The van der Waals surface area contributed by atoms with E-state index >= 15 is 0 Å². The zero-order valence-corrected chi connectivity index (χ0v) is 10.9. The number of hydrogen-bond donors (Lipinski definition) is 0. The van der Waals surface area contributed by atoms with Gasteiger partial charge in [0.2, 0.25) is 0 Å². The standard InChI is InChI=1S/C14H19N3/c1-11-5-6-13(12(2)9-11)14-15-7-8-17(14)10-16(3)4/h5-9H,10H2,1-4H3. The lowest BCUT2D eigenvalue weighted by atomic mass is 10.1. The lowest BCUT2D eigenvalue weighted by Crippen LogP contribution is -2.17. The van der Waals surface area contributed by atoms with Gasteiger partial charge in [-0.05, 0) is 33.5 Å². The molecular formula is C14H19N3. The van der Waals surface area contributed by atoms with Crippen molar-refractivity contribution in [3.63, 3.8) is 0 Å². The van der Waals surface area contributed by atoms with Gasteiger partial charge in [-0.3, -0.25) is 4.90 Å². The number of aromatic nitrogens is 2. The molecule has 0 bridgehead atoms. The van der Waals surface area contributed by atoms with Crippen molar-refractivity contribution in [3.8, 4) is 11.4 Å². The van der Waals surface area contributed by atoms with Crippen LogP contribution in [0.4, 0.5) is 0 Å². The maximum absolute atomic E-state index is 4.47. The van der Waals surface area contributed by atoms with E-state index in [4.69, 9.17) is 0 Å². The molecule has 0 aliphatic rings. The van der Waals surface area contributed by atoms with Crippen molar-refractivity contribution >= 4 is 0 Å². The van der Waals surface area contributed by atoms with Crippen molar-refractivity contribution in [2.45, 2.75) is 20.5 Å². The highest BCUT2D eigenvalue weighted by atomic mass is 15.2. The van der Waals surface area contributed by atoms with Crippen molar-refractivity contribution in [3.05, 3.63) is 41.7 Å². The molecule has 1 heterocycles. The van der Waals surface area contributed by atoms with Crippen LogP contribution in [0.25, 0.3) is 11.4 Å². The van der Waals surface area contributed by atoms with Gasteiger partial charge in [0, 0.05) is 18.0 Å². The minimum absolute atomic E-state index is 0.850. The highest BCUT2D eigenvalue weighted by molar-refractivity contribution is 5.61. The van der Waals surface area contributed by atoms with Crippen molar-refractivity contribution in [2.75, 3.05) is 14.1 Å². The third-order valence-electron chi connectivity index (χ3n) is 2.77. The maximum Gasteiger partial charge on any atom is 0.141 e. The molecule has 0 aliphatic heterocycles. The number of imidazole rings is 1. The molecule has 3 heteroatoms. The molecule has 3 nitrogen and oxygen atoms in total. The van der Waals surface area contributed by atoms with Gasteiger partial charge in [0.05, 0.1) is 6.67 Å². The summed E-state index contributed by atoms with van der Waals surface area (Å²) in [7, 11) is 4.12. The minimum atomic E-state index is 0.850. The molecule has 0 unspecified atom stereocenters. The van der Waals surface area contributed by atoms with Gasteiger partial charge in [0.1, 0.15) is 5.82 Å². The molecule has 2 rings (SSSR count). The largest absolute Gasteiger partial charge is 0.318 e. The van der Waals surface area contributed by atoms with Crippen LogP contribution in [-0.4, -0.2) is 28.5 Å². The molecule has 0 amide bonds. The third-order valence-corrected chi connectivity index (χ3v) is 2.77. The Bertz CT molecular complexity index is 512. The summed E-state index contributed by atoms with van der Waals surface area (Å²) in [6.45, 7) is 5.10. The van der Waals surface area contributed by atoms with Gasteiger partial charge in [-0.25, -0.2) is 4.98 Å². The summed E-state index contributed by atoms with van der Waals surface area (Å²) in [5, 5.41) is 0. The van der Waals surface area contributed by atoms with E-state index in [2.05, 4.69) is 60.6 Å². The first kappa shape index (κ1) is 11.9. The number of hydrogen-bond acceptors (Lipinski definition) is 2. The van der Waals surface area contributed by atoms with Crippen LogP contribution in [0.15, 0.2) is 30.6 Å². The minimum Gasteiger partial charge on any atom is -0.318 e. The summed E-state index contributed by atoms with van der Waals surface area (Å²) >= 11 is 0. The fourth-order valence-corrected chi connectivity index (χ4v) is 2.04. The summed E-state index contributed by atoms with van der Waals surface area (Å²) in [5.74, 6) is 1.04. The van der Waals surface area contributed by atoms with Crippen molar-refractivity contribution in [1.82, 2.24) is 14.5 Å². The Kier molecular flexibility index (Phi) is 3.29. The number of rotatable bonds is 3. The molecule has 2 aromatic rings. The van der Waals surface area contributed by atoms with E-state index in [1.165, 1.54) is 16.7 Å². The summed E-state index contributed by atoms with van der Waals surface area (Å²) in [6, 6.07) is 6.49. The van der Waals surface area contributed by atoms with Gasteiger partial charge < -0.3 is 4.57 Å². The van der Waals surface area contributed by atoms with Crippen LogP contribution >= 0.6 is 0 Å². The fourth-order valence-electron chi connectivity index (χ4n) is 2.04. The number of nitrogens with zero attached hydrogens (tertiary/aromatic N) is 3. The molecule has 90 valence electrons. The van der Waals surface area contributed by atoms with Gasteiger partial charge in [-0.1, -0.05) is 23.8 Å². The molecular weight excluding hydrogens is 210 g/mol. The smallest absolute Gasteiger partial charge is 0.141 e. The van der Waals surface area contributed by atoms with E-state index in [1.54, 1.807) is 0 Å². The van der Waals surface area contributed by atoms with E-state index in [-0.39, 0.29) is 0 Å². The summed E-state index contributed by atoms with van der Waals surface area (Å²) in [6.07, 6.45) is 3.88. The second-order valence-electron chi connectivity index (χ2n) is 4.76. The molecule has 0 radical (unpaired) electrons. The van der Waals surface area contributed by atoms with Crippen LogP contribution < -0.4 is 0 Å². The highest BCUT2D eigenvalue weighted by Crippen LogP contribution is 2.22. The monoisotopic (exact) mass is 229 g/mol. The van der Waals surface area contributed by atoms with Crippen LogP contribution in [0.3, 0.4) is 0 Å². The Hall–Kier alpha value is -1.61. The first-order valence-electron chi connectivity index (χ1n) is 5.81. The Balaban J connectivity index is 2.42. The Labute approximate surface area is 103 Å². The predicted molar refractivity (Wildman–Crippen MR) is 70.8 cm³/mol. The second-order valence-corrected chi connectivity index (χ2v) is 4.76. The molecule has 0 N–H and O–H groups in total. The average Bonchev–Trinajstić information content (AvgIpc) is 2.65. The predicted octanol–water partition coefficient (Wildman–Crippen LogP) is 2.69. The lowest BCUT2D eigenvalue weighted by Gasteiger charge is -2.14. The van der Waals surface area contributed by atoms with Gasteiger partial charge in [0.25, 0.3) is 0 Å². The lowest BCUT2D eigenvalue weighted by molar-refractivity contribution is 0.328. The van der Waals surface area contributed by atoms with Gasteiger partial charge in [-0.15, -0.1) is 0 Å². The summed E-state index contributed by atoms with van der Waals surface area (Å²) in [5.41, 5.74) is 3.77. The van der Waals surface area contributed by atoms with Crippen molar-refractivity contribution in [2.24, 2.45) is 0 Å². The molecule has 1 aromatic carbocycles.